The minimum absolute atomic E-state index is 0.338. The Morgan fingerprint density at radius 1 is 1.30 bits per heavy atom. The Morgan fingerprint density at radius 2 is 2.05 bits per heavy atom. The molecule has 1 aliphatic carbocycles. The van der Waals surface area contributed by atoms with Gasteiger partial charge in [0.25, 0.3) is 0 Å². The van der Waals surface area contributed by atoms with Crippen LogP contribution in [-0.4, -0.2) is 37.7 Å². The van der Waals surface area contributed by atoms with E-state index in [9.17, 15) is 0 Å². The predicted molar refractivity (Wildman–Crippen MR) is 84.3 cm³/mol. The van der Waals surface area contributed by atoms with Crippen molar-refractivity contribution in [1.82, 2.24) is 10.2 Å². The fourth-order valence-electron chi connectivity index (χ4n) is 2.78. The van der Waals surface area contributed by atoms with E-state index in [2.05, 4.69) is 35.3 Å². The molecule has 1 aromatic rings. The number of ether oxygens (including phenoxy) is 1. The molecule has 0 spiro atoms. The molecule has 0 bridgehead atoms. The van der Waals surface area contributed by atoms with Crippen LogP contribution in [-0.2, 0) is 0 Å². The summed E-state index contributed by atoms with van der Waals surface area (Å²) in [6.45, 7) is 7.28. The second kappa shape index (κ2) is 7.65. The third-order valence-corrected chi connectivity index (χ3v) is 3.93. The lowest BCUT2D eigenvalue weighted by molar-refractivity contribution is 0.233. The predicted octanol–water partition coefficient (Wildman–Crippen LogP) is 3.22. The lowest BCUT2D eigenvalue weighted by atomic mass is 10.0. The minimum atomic E-state index is 0.338. The molecule has 0 aromatic heterocycles. The second-order valence-corrected chi connectivity index (χ2v) is 5.54. The zero-order chi connectivity index (χ0) is 14.4. The molecular formula is C17H28N2O. The van der Waals surface area contributed by atoms with Crippen LogP contribution < -0.4 is 10.1 Å². The van der Waals surface area contributed by atoms with Crippen molar-refractivity contribution >= 4 is 0 Å². The van der Waals surface area contributed by atoms with Crippen molar-refractivity contribution in [1.29, 1.82) is 0 Å². The summed E-state index contributed by atoms with van der Waals surface area (Å²) in [4.78, 5) is 2.63. The molecule has 1 fully saturated rings. The monoisotopic (exact) mass is 276 g/mol. The van der Waals surface area contributed by atoms with Gasteiger partial charge in [-0.25, -0.2) is 0 Å². The third kappa shape index (κ3) is 3.97. The Labute approximate surface area is 123 Å². The average Bonchev–Trinajstić information content (AvgIpc) is 3.29. The van der Waals surface area contributed by atoms with Crippen molar-refractivity contribution in [3.05, 3.63) is 29.8 Å². The van der Waals surface area contributed by atoms with Crippen LogP contribution in [0.15, 0.2) is 24.3 Å². The molecule has 3 nitrogen and oxygen atoms in total. The summed E-state index contributed by atoms with van der Waals surface area (Å²) in [5.41, 5.74) is 1.28. The Morgan fingerprint density at radius 3 is 2.65 bits per heavy atom. The summed E-state index contributed by atoms with van der Waals surface area (Å²) in [6, 6.07) is 9.55. The molecule has 2 rings (SSSR count). The van der Waals surface area contributed by atoms with E-state index >= 15 is 0 Å². The van der Waals surface area contributed by atoms with Crippen LogP contribution in [0.25, 0.3) is 0 Å². The quantitative estimate of drug-likeness (QED) is 0.749. The molecular weight excluding hydrogens is 248 g/mol. The van der Waals surface area contributed by atoms with Crippen LogP contribution >= 0.6 is 0 Å². The molecule has 0 aliphatic heterocycles. The molecule has 1 aliphatic rings. The normalized spacial score (nSPS) is 16.4. The van der Waals surface area contributed by atoms with Gasteiger partial charge in [0.1, 0.15) is 5.75 Å². The second-order valence-electron chi connectivity index (χ2n) is 5.54. The van der Waals surface area contributed by atoms with Gasteiger partial charge < -0.3 is 10.1 Å². The molecule has 1 saturated carbocycles. The summed E-state index contributed by atoms with van der Waals surface area (Å²) >= 11 is 0. The highest BCUT2D eigenvalue weighted by Crippen LogP contribution is 2.31. The van der Waals surface area contributed by atoms with Crippen LogP contribution in [0.1, 0.15) is 44.7 Å². The fraction of sp³-hybridized carbons (Fsp3) is 0.647. The van der Waals surface area contributed by atoms with Gasteiger partial charge in [0.05, 0.1) is 6.61 Å². The van der Waals surface area contributed by atoms with Crippen molar-refractivity contribution < 1.29 is 4.74 Å². The first kappa shape index (κ1) is 15.3. The third-order valence-electron chi connectivity index (χ3n) is 3.93. The largest absolute Gasteiger partial charge is 0.494 e. The van der Waals surface area contributed by atoms with Gasteiger partial charge >= 0.3 is 0 Å². The maximum Gasteiger partial charge on any atom is 0.124 e. The van der Waals surface area contributed by atoms with Gasteiger partial charge in [-0.1, -0.05) is 25.1 Å². The maximum absolute atomic E-state index is 5.78. The lowest BCUT2D eigenvalue weighted by Crippen LogP contribution is -2.36. The van der Waals surface area contributed by atoms with E-state index in [0.717, 1.165) is 24.9 Å². The molecule has 0 amide bonds. The van der Waals surface area contributed by atoms with E-state index in [4.69, 9.17) is 4.74 Å². The Balaban J connectivity index is 2.10. The number of hydrogen-bond donors (Lipinski definition) is 1. The standard InChI is InChI=1S/C17H28N2O/c1-4-12-19(14-10-11-14)13-16(18-3)15-8-6-7-9-17(15)20-5-2/h6-9,14,16,18H,4-5,10-13H2,1-3H3. The fourth-order valence-corrected chi connectivity index (χ4v) is 2.78. The molecule has 1 N–H and O–H groups in total. The van der Waals surface area contributed by atoms with Gasteiger partial charge in [-0.2, -0.15) is 0 Å². The zero-order valence-corrected chi connectivity index (χ0v) is 13.1. The summed E-state index contributed by atoms with van der Waals surface area (Å²) in [5.74, 6) is 1.02. The number of nitrogens with one attached hydrogen (secondary N) is 1. The highest BCUT2D eigenvalue weighted by molar-refractivity contribution is 5.36. The Bertz CT molecular complexity index is 404. The average molecular weight is 276 g/mol. The Hall–Kier alpha value is -1.06. The van der Waals surface area contributed by atoms with E-state index in [1.54, 1.807) is 0 Å². The molecule has 0 heterocycles. The summed E-state index contributed by atoms with van der Waals surface area (Å²) in [7, 11) is 2.05. The van der Waals surface area contributed by atoms with Crippen molar-refractivity contribution in [2.45, 2.75) is 45.2 Å². The van der Waals surface area contributed by atoms with Crippen molar-refractivity contribution in [2.24, 2.45) is 0 Å². The molecule has 0 saturated heterocycles. The number of hydrogen-bond acceptors (Lipinski definition) is 3. The van der Waals surface area contributed by atoms with Crippen LogP contribution in [0.4, 0.5) is 0 Å². The zero-order valence-electron chi connectivity index (χ0n) is 13.1. The smallest absolute Gasteiger partial charge is 0.124 e. The van der Waals surface area contributed by atoms with Crippen LogP contribution in [0.5, 0.6) is 5.75 Å². The lowest BCUT2D eigenvalue weighted by Gasteiger charge is -2.28. The first-order valence-corrected chi connectivity index (χ1v) is 7.93. The number of benzene rings is 1. The van der Waals surface area contributed by atoms with Crippen LogP contribution in [0.3, 0.4) is 0 Å². The molecule has 3 heteroatoms. The topological polar surface area (TPSA) is 24.5 Å². The number of para-hydroxylation sites is 1. The minimum Gasteiger partial charge on any atom is -0.494 e. The number of likely N-dealkylation sites (N-methyl/N-ethyl adjacent to an activating group) is 1. The Kier molecular flexibility index (Phi) is 5.86. The highest BCUT2D eigenvalue weighted by Gasteiger charge is 2.30. The molecule has 1 unspecified atom stereocenters. The van der Waals surface area contributed by atoms with Crippen molar-refractivity contribution in [3.63, 3.8) is 0 Å². The van der Waals surface area contributed by atoms with Gasteiger partial charge in [-0.3, -0.25) is 4.90 Å². The number of rotatable bonds is 9. The van der Waals surface area contributed by atoms with Gasteiger partial charge in [0.2, 0.25) is 0 Å². The maximum atomic E-state index is 5.78. The highest BCUT2D eigenvalue weighted by atomic mass is 16.5. The van der Waals surface area contributed by atoms with Crippen molar-refractivity contribution in [2.75, 3.05) is 26.7 Å². The van der Waals surface area contributed by atoms with E-state index in [0.29, 0.717) is 6.04 Å². The van der Waals surface area contributed by atoms with Gasteiger partial charge in [-0.15, -0.1) is 0 Å². The molecule has 112 valence electrons. The van der Waals surface area contributed by atoms with Gasteiger partial charge in [0, 0.05) is 24.2 Å². The molecule has 0 radical (unpaired) electrons. The first-order chi connectivity index (χ1) is 9.80. The first-order valence-electron chi connectivity index (χ1n) is 7.93. The van der Waals surface area contributed by atoms with Crippen molar-refractivity contribution in [3.8, 4) is 5.75 Å². The SMILES string of the molecule is CCCN(CC(NC)c1ccccc1OCC)C1CC1. The summed E-state index contributed by atoms with van der Waals surface area (Å²) in [6.07, 6.45) is 3.95. The van der Waals surface area contributed by atoms with E-state index in [1.807, 2.05) is 20.0 Å². The van der Waals surface area contributed by atoms with Gasteiger partial charge in [0.15, 0.2) is 0 Å². The van der Waals surface area contributed by atoms with E-state index in [1.165, 1.54) is 31.4 Å². The molecule has 1 aromatic carbocycles. The van der Waals surface area contributed by atoms with Crippen LogP contribution in [0.2, 0.25) is 0 Å². The van der Waals surface area contributed by atoms with Gasteiger partial charge in [-0.05, 0) is 45.8 Å². The summed E-state index contributed by atoms with van der Waals surface area (Å²) < 4.78 is 5.78. The molecule has 20 heavy (non-hydrogen) atoms. The van der Waals surface area contributed by atoms with Crippen LogP contribution in [0, 0.1) is 0 Å². The number of nitrogens with zero attached hydrogens (tertiary/aromatic N) is 1. The molecule has 1 atom stereocenters. The van der Waals surface area contributed by atoms with E-state index < -0.39 is 0 Å². The summed E-state index contributed by atoms with van der Waals surface area (Å²) in [5, 5.41) is 3.47. The van der Waals surface area contributed by atoms with E-state index in [-0.39, 0.29) is 0 Å².